The number of rotatable bonds is 3. The Morgan fingerprint density at radius 3 is 2.67 bits per heavy atom. The fourth-order valence-electron chi connectivity index (χ4n) is 2.12. The predicted molar refractivity (Wildman–Crippen MR) is 68.8 cm³/mol. The lowest BCUT2D eigenvalue weighted by Crippen LogP contribution is -2.43. The monoisotopic (exact) mass is 251 g/mol. The summed E-state index contributed by atoms with van der Waals surface area (Å²) < 4.78 is 0. The van der Waals surface area contributed by atoms with Gasteiger partial charge in [0.25, 0.3) is 5.69 Å². The minimum Gasteiger partial charge on any atom is -0.389 e. The molecule has 18 heavy (non-hydrogen) atoms. The quantitative estimate of drug-likeness (QED) is 0.620. The average molecular weight is 251 g/mol. The van der Waals surface area contributed by atoms with Gasteiger partial charge in [0.1, 0.15) is 5.69 Å². The van der Waals surface area contributed by atoms with Crippen molar-refractivity contribution in [1.82, 2.24) is 5.32 Å². The first kappa shape index (κ1) is 12.8. The Morgan fingerprint density at radius 1 is 1.44 bits per heavy atom. The zero-order valence-corrected chi connectivity index (χ0v) is 10.3. The normalized spacial score (nSPS) is 17.6. The Balaban J connectivity index is 2.36. The molecule has 1 heterocycles. The van der Waals surface area contributed by atoms with E-state index in [1.54, 1.807) is 19.1 Å². The Hall–Kier alpha value is -1.66. The second-order valence-electron chi connectivity index (χ2n) is 4.42. The third-order valence-corrected chi connectivity index (χ3v) is 3.14. The second kappa shape index (κ2) is 5.32. The Bertz CT molecular complexity index is 442. The van der Waals surface area contributed by atoms with E-state index in [0.717, 1.165) is 26.2 Å². The van der Waals surface area contributed by atoms with Gasteiger partial charge in [-0.25, -0.2) is 0 Å². The minimum atomic E-state index is -0.694. The van der Waals surface area contributed by atoms with Crippen molar-refractivity contribution in [3.8, 4) is 0 Å². The maximum atomic E-state index is 11.1. The van der Waals surface area contributed by atoms with Crippen LogP contribution in [-0.4, -0.2) is 36.2 Å². The second-order valence-corrected chi connectivity index (χ2v) is 4.42. The molecule has 2 N–H and O–H groups in total. The van der Waals surface area contributed by atoms with Crippen LogP contribution in [0.3, 0.4) is 0 Å². The van der Waals surface area contributed by atoms with Crippen LogP contribution in [0.4, 0.5) is 11.4 Å². The highest BCUT2D eigenvalue weighted by molar-refractivity contribution is 5.64. The van der Waals surface area contributed by atoms with E-state index in [1.807, 2.05) is 4.90 Å². The molecule has 1 atom stereocenters. The lowest BCUT2D eigenvalue weighted by atomic mass is 10.1. The standard InChI is InChI=1S/C12H17N3O3/c1-9(16)10-2-3-11(12(8-10)15(17)18)14-6-4-13-5-7-14/h2-3,8-9,13,16H,4-7H2,1H3. The molecule has 1 aliphatic rings. The van der Waals surface area contributed by atoms with Gasteiger partial charge in [0.15, 0.2) is 0 Å². The number of nitro groups is 1. The van der Waals surface area contributed by atoms with Crippen LogP contribution in [0.5, 0.6) is 0 Å². The molecule has 1 saturated heterocycles. The van der Waals surface area contributed by atoms with Gasteiger partial charge in [-0.15, -0.1) is 0 Å². The van der Waals surface area contributed by atoms with Crippen molar-refractivity contribution in [3.63, 3.8) is 0 Å². The molecular weight excluding hydrogens is 234 g/mol. The Labute approximate surface area is 105 Å². The first-order valence-corrected chi connectivity index (χ1v) is 6.01. The highest BCUT2D eigenvalue weighted by Crippen LogP contribution is 2.31. The summed E-state index contributed by atoms with van der Waals surface area (Å²) in [5, 5.41) is 23.8. The van der Waals surface area contributed by atoms with Crippen LogP contribution in [0.1, 0.15) is 18.6 Å². The van der Waals surface area contributed by atoms with E-state index in [1.165, 1.54) is 6.07 Å². The Kier molecular flexibility index (Phi) is 3.78. The van der Waals surface area contributed by atoms with Crippen molar-refractivity contribution in [2.45, 2.75) is 13.0 Å². The van der Waals surface area contributed by atoms with Crippen molar-refractivity contribution >= 4 is 11.4 Å². The predicted octanol–water partition coefficient (Wildman–Crippen LogP) is 1.06. The number of nitrogens with zero attached hydrogens (tertiary/aromatic N) is 2. The van der Waals surface area contributed by atoms with Gasteiger partial charge in [-0.1, -0.05) is 6.07 Å². The van der Waals surface area contributed by atoms with Crippen LogP contribution in [-0.2, 0) is 0 Å². The smallest absolute Gasteiger partial charge is 0.292 e. The molecule has 6 heteroatoms. The van der Waals surface area contributed by atoms with Gasteiger partial charge in [0, 0.05) is 32.2 Å². The molecule has 0 amide bonds. The van der Waals surface area contributed by atoms with Gasteiger partial charge in [-0.2, -0.15) is 0 Å². The number of aliphatic hydroxyl groups excluding tert-OH is 1. The van der Waals surface area contributed by atoms with E-state index in [0.29, 0.717) is 11.3 Å². The van der Waals surface area contributed by atoms with E-state index in [-0.39, 0.29) is 10.6 Å². The van der Waals surface area contributed by atoms with Crippen LogP contribution in [0, 0.1) is 10.1 Å². The molecule has 0 saturated carbocycles. The zero-order chi connectivity index (χ0) is 13.1. The fraction of sp³-hybridized carbons (Fsp3) is 0.500. The van der Waals surface area contributed by atoms with E-state index >= 15 is 0 Å². The lowest BCUT2D eigenvalue weighted by molar-refractivity contribution is -0.384. The number of piperazine rings is 1. The molecule has 0 aromatic heterocycles. The first-order chi connectivity index (χ1) is 8.59. The number of nitro benzene ring substituents is 1. The largest absolute Gasteiger partial charge is 0.389 e. The van der Waals surface area contributed by atoms with Crippen molar-refractivity contribution < 1.29 is 10.0 Å². The molecule has 6 nitrogen and oxygen atoms in total. The van der Waals surface area contributed by atoms with Gasteiger partial charge >= 0.3 is 0 Å². The minimum absolute atomic E-state index is 0.0651. The maximum absolute atomic E-state index is 11.1. The van der Waals surface area contributed by atoms with E-state index < -0.39 is 6.10 Å². The summed E-state index contributed by atoms with van der Waals surface area (Å²) in [5.41, 5.74) is 1.27. The molecular formula is C12H17N3O3. The number of nitrogens with one attached hydrogen (secondary N) is 1. The van der Waals surface area contributed by atoms with Gasteiger partial charge in [0.05, 0.1) is 11.0 Å². The Morgan fingerprint density at radius 2 is 2.11 bits per heavy atom. The third kappa shape index (κ3) is 2.60. The molecule has 0 radical (unpaired) electrons. The summed E-state index contributed by atoms with van der Waals surface area (Å²) in [7, 11) is 0. The molecule has 1 fully saturated rings. The maximum Gasteiger partial charge on any atom is 0.292 e. The van der Waals surface area contributed by atoms with Crippen LogP contribution in [0.15, 0.2) is 18.2 Å². The highest BCUT2D eigenvalue weighted by atomic mass is 16.6. The topological polar surface area (TPSA) is 78.6 Å². The lowest BCUT2D eigenvalue weighted by Gasteiger charge is -2.29. The van der Waals surface area contributed by atoms with E-state index in [4.69, 9.17) is 0 Å². The number of aliphatic hydroxyl groups is 1. The summed E-state index contributed by atoms with van der Waals surface area (Å²) in [6, 6.07) is 4.93. The van der Waals surface area contributed by atoms with Crippen LogP contribution >= 0.6 is 0 Å². The van der Waals surface area contributed by atoms with E-state index in [2.05, 4.69) is 5.32 Å². The van der Waals surface area contributed by atoms with Crippen LogP contribution in [0.25, 0.3) is 0 Å². The SMILES string of the molecule is CC(O)c1ccc(N2CCNCC2)c([N+](=O)[O-])c1. The highest BCUT2D eigenvalue weighted by Gasteiger charge is 2.22. The van der Waals surface area contributed by atoms with Crippen molar-refractivity contribution in [1.29, 1.82) is 0 Å². The molecule has 1 aromatic carbocycles. The number of hydrogen-bond acceptors (Lipinski definition) is 5. The number of hydrogen-bond donors (Lipinski definition) is 2. The molecule has 1 aliphatic heterocycles. The average Bonchev–Trinajstić information content (AvgIpc) is 2.39. The summed E-state index contributed by atoms with van der Waals surface area (Å²) in [6.07, 6.45) is -0.694. The summed E-state index contributed by atoms with van der Waals surface area (Å²) >= 11 is 0. The summed E-state index contributed by atoms with van der Waals surface area (Å²) in [5.74, 6) is 0. The number of anilines is 1. The first-order valence-electron chi connectivity index (χ1n) is 6.01. The van der Waals surface area contributed by atoms with Gasteiger partial charge in [0.2, 0.25) is 0 Å². The zero-order valence-electron chi connectivity index (χ0n) is 10.3. The fourth-order valence-corrected chi connectivity index (χ4v) is 2.12. The molecule has 98 valence electrons. The van der Waals surface area contributed by atoms with Crippen molar-refractivity contribution in [2.24, 2.45) is 0 Å². The summed E-state index contributed by atoms with van der Waals surface area (Å²) in [4.78, 5) is 12.7. The molecule has 2 rings (SSSR count). The molecule has 1 aromatic rings. The van der Waals surface area contributed by atoms with Gasteiger partial charge < -0.3 is 15.3 Å². The van der Waals surface area contributed by atoms with Crippen molar-refractivity contribution in [2.75, 3.05) is 31.1 Å². The molecule has 0 bridgehead atoms. The van der Waals surface area contributed by atoms with Crippen LogP contribution < -0.4 is 10.2 Å². The van der Waals surface area contributed by atoms with Gasteiger partial charge in [-0.3, -0.25) is 10.1 Å². The third-order valence-electron chi connectivity index (χ3n) is 3.14. The van der Waals surface area contributed by atoms with Crippen LogP contribution in [0.2, 0.25) is 0 Å². The van der Waals surface area contributed by atoms with E-state index in [9.17, 15) is 15.2 Å². The van der Waals surface area contributed by atoms with Gasteiger partial charge in [-0.05, 0) is 18.6 Å². The molecule has 1 unspecified atom stereocenters. The molecule has 0 aliphatic carbocycles. The summed E-state index contributed by atoms with van der Waals surface area (Å²) in [6.45, 7) is 4.78. The van der Waals surface area contributed by atoms with Crippen molar-refractivity contribution in [3.05, 3.63) is 33.9 Å². The molecule has 0 spiro atoms. The number of benzene rings is 1.